The number of allylic oxidation sites excluding steroid dienone is 17. The molecule has 0 N–H and O–H groups in total. The molecule has 0 unspecified atom stereocenters. The molecule has 1 saturated carbocycles. The summed E-state index contributed by atoms with van der Waals surface area (Å²) in [5.74, 6) is 0.582. The zero-order valence-corrected chi connectivity index (χ0v) is 17.0. The molecule has 0 heteroatoms. The molecule has 4 rings (SSSR count). The molecule has 0 nitrogen and oxygen atoms in total. The third kappa shape index (κ3) is 2.74. The Morgan fingerprint density at radius 1 is 1.11 bits per heavy atom. The van der Waals surface area contributed by atoms with E-state index in [1.54, 1.807) is 5.57 Å². The van der Waals surface area contributed by atoms with E-state index in [0.717, 1.165) is 5.57 Å². The van der Waals surface area contributed by atoms with Crippen molar-refractivity contribution >= 4 is 0 Å². The van der Waals surface area contributed by atoms with E-state index in [0.29, 0.717) is 5.92 Å². The summed E-state index contributed by atoms with van der Waals surface area (Å²) in [5.41, 5.74) is 8.73. The molecule has 1 fully saturated rings. The fourth-order valence-corrected chi connectivity index (χ4v) is 5.40. The summed E-state index contributed by atoms with van der Waals surface area (Å²) in [6.45, 7) is 13.1. The van der Waals surface area contributed by atoms with Gasteiger partial charge in [0.25, 0.3) is 0 Å². The van der Waals surface area contributed by atoms with Gasteiger partial charge in [-0.05, 0) is 60.5 Å². The Hall–Kier alpha value is -2.34. The van der Waals surface area contributed by atoms with Crippen LogP contribution in [0.2, 0.25) is 0 Å². The van der Waals surface area contributed by atoms with Crippen LogP contribution in [-0.4, -0.2) is 0 Å². The summed E-state index contributed by atoms with van der Waals surface area (Å²) in [7, 11) is 0. The molecule has 27 heavy (non-hydrogen) atoms. The largest absolute Gasteiger partial charge is 0.0961 e. The lowest BCUT2D eigenvalue weighted by atomic mass is 9.54. The highest BCUT2D eigenvalue weighted by molar-refractivity contribution is 5.62. The third-order valence-corrected chi connectivity index (χ3v) is 6.99. The highest BCUT2D eigenvalue weighted by Crippen LogP contribution is 2.61. The molecule has 138 valence electrons. The summed E-state index contributed by atoms with van der Waals surface area (Å²) in [6, 6.07) is 0. The smallest absolute Gasteiger partial charge is 0.0180 e. The van der Waals surface area contributed by atoms with E-state index < -0.39 is 0 Å². The molecule has 0 amide bonds. The van der Waals surface area contributed by atoms with Crippen LogP contribution < -0.4 is 0 Å². The minimum Gasteiger partial charge on any atom is -0.0961 e. The molecule has 0 aromatic rings. The predicted molar refractivity (Wildman–Crippen MR) is 117 cm³/mol. The second-order valence-corrected chi connectivity index (χ2v) is 8.88. The van der Waals surface area contributed by atoms with E-state index in [1.165, 1.54) is 35.1 Å². The molecule has 0 aliphatic heterocycles. The number of fused-ring (bicyclic) bond motifs is 5. The molecule has 3 atom stereocenters. The Morgan fingerprint density at radius 3 is 2.70 bits per heavy atom. The monoisotopic (exact) mass is 354 g/mol. The molecule has 0 radical (unpaired) electrons. The average molecular weight is 355 g/mol. The highest BCUT2D eigenvalue weighted by Gasteiger charge is 2.49. The van der Waals surface area contributed by atoms with Crippen molar-refractivity contribution in [2.45, 2.75) is 40.5 Å². The molecule has 0 bridgehead atoms. The first-order valence-electron chi connectivity index (χ1n) is 10.1. The van der Waals surface area contributed by atoms with Gasteiger partial charge in [-0.1, -0.05) is 92.8 Å². The van der Waals surface area contributed by atoms with Gasteiger partial charge in [0, 0.05) is 10.8 Å². The van der Waals surface area contributed by atoms with E-state index in [4.69, 9.17) is 0 Å². The third-order valence-electron chi connectivity index (χ3n) is 6.99. The molecular weight excluding hydrogens is 324 g/mol. The molecule has 0 saturated heterocycles. The number of hydrogen-bond donors (Lipinski definition) is 0. The van der Waals surface area contributed by atoms with Crippen LogP contribution >= 0.6 is 0 Å². The van der Waals surface area contributed by atoms with Crippen molar-refractivity contribution in [3.63, 3.8) is 0 Å². The van der Waals surface area contributed by atoms with Crippen LogP contribution in [-0.2, 0) is 0 Å². The van der Waals surface area contributed by atoms with Gasteiger partial charge in [0.2, 0.25) is 0 Å². The molecule has 0 heterocycles. The topological polar surface area (TPSA) is 0 Å². The van der Waals surface area contributed by atoms with Crippen LogP contribution in [0.1, 0.15) is 40.5 Å². The molecule has 4 aliphatic rings. The van der Waals surface area contributed by atoms with Gasteiger partial charge in [0.1, 0.15) is 0 Å². The van der Waals surface area contributed by atoms with Crippen molar-refractivity contribution in [2.24, 2.45) is 16.7 Å². The molecule has 0 spiro atoms. The summed E-state index contributed by atoms with van der Waals surface area (Å²) < 4.78 is 0. The lowest BCUT2D eigenvalue weighted by molar-refractivity contribution is 0.257. The Labute approximate surface area is 164 Å². The zero-order chi connectivity index (χ0) is 19.2. The summed E-state index contributed by atoms with van der Waals surface area (Å²) in [4.78, 5) is 0. The Bertz CT molecular complexity index is 935. The molecule has 0 aromatic heterocycles. The van der Waals surface area contributed by atoms with Crippen molar-refractivity contribution in [3.05, 3.63) is 107 Å². The lowest BCUT2D eigenvalue weighted by Gasteiger charge is -2.49. The van der Waals surface area contributed by atoms with Gasteiger partial charge < -0.3 is 0 Å². The minimum atomic E-state index is 0.135. The standard InChI is InChI=1S/C27H30/c1-19(2)9-8-10-20(3)23-14-15-24-22-13-12-21-11-6-7-17-26(21,4)25(22)16-18-27(23,24)5/h6-15,17,25H,1,16,18H2,2-5H3/t25-,26-,27+/m0/s1. The van der Waals surface area contributed by atoms with Crippen molar-refractivity contribution in [3.8, 4) is 0 Å². The van der Waals surface area contributed by atoms with E-state index >= 15 is 0 Å². The van der Waals surface area contributed by atoms with Crippen molar-refractivity contribution in [1.82, 2.24) is 0 Å². The van der Waals surface area contributed by atoms with Crippen LogP contribution in [0.25, 0.3) is 0 Å². The first kappa shape index (κ1) is 18.0. The van der Waals surface area contributed by atoms with Gasteiger partial charge in [0.05, 0.1) is 0 Å². The van der Waals surface area contributed by atoms with E-state index in [9.17, 15) is 0 Å². The normalized spacial score (nSPS) is 34.4. The fourth-order valence-electron chi connectivity index (χ4n) is 5.40. The first-order chi connectivity index (χ1) is 12.9. The van der Waals surface area contributed by atoms with Gasteiger partial charge in [-0.25, -0.2) is 0 Å². The molecule has 0 aromatic carbocycles. The maximum atomic E-state index is 3.95. The van der Waals surface area contributed by atoms with Gasteiger partial charge in [-0.2, -0.15) is 0 Å². The Balaban J connectivity index is 1.67. The zero-order valence-electron chi connectivity index (χ0n) is 17.0. The number of hydrogen-bond acceptors (Lipinski definition) is 0. The molecule has 4 aliphatic carbocycles. The highest BCUT2D eigenvalue weighted by atomic mass is 14.5. The van der Waals surface area contributed by atoms with Gasteiger partial charge in [-0.15, -0.1) is 0 Å². The summed E-state index contributed by atoms with van der Waals surface area (Å²) in [6.07, 6.45) is 27.5. The van der Waals surface area contributed by atoms with Crippen LogP contribution in [0, 0.1) is 16.7 Å². The van der Waals surface area contributed by atoms with E-state index in [1.807, 2.05) is 6.92 Å². The lowest BCUT2D eigenvalue weighted by Crippen LogP contribution is -2.39. The first-order valence-corrected chi connectivity index (χ1v) is 10.1. The van der Waals surface area contributed by atoms with Crippen molar-refractivity contribution < 1.29 is 0 Å². The maximum Gasteiger partial charge on any atom is 0.0180 e. The van der Waals surface area contributed by atoms with Crippen LogP contribution in [0.15, 0.2) is 107 Å². The number of rotatable bonds is 3. The van der Waals surface area contributed by atoms with Crippen LogP contribution in [0.5, 0.6) is 0 Å². The van der Waals surface area contributed by atoms with Gasteiger partial charge in [0.15, 0.2) is 0 Å². The predicted octanol–water partition coefficient (Wildman–Crippen LogP) is 7.35. The Morgan fingerprint density at radius 2 is 1.93 bits per heavy atom. The average Bonchev–Trinajstić information content (AvgIpc) is 2.98. The quantitative estimate of drug-likeness (QED) is 0.465. The van der Waals surface area contributed by atoms with E-state index in [-0.39, 0.29) is 10.8 Å². The summed E-state index contributed by atoms with van der Waals surface area (Å²) >= 11 is 0. The van der Waals surface area contributed by atoms with Crippen LogP contribution in [0.3, 0.4) is 0 Å². The fraction of sp³-hybridized carbons (Fsp3) is 0.333. The van der Waals surface area contributed by atoms with E-state index in [2.05, 4.69) is 94.2 Å². The SMILES string of the molecule is C=C(C)C=CC=C(C)C1=CC=C2C3=CC=C4C=CC=C[C@]4(C)[C@H]3CC[C@]12C. The second-order valence-electron chi connectivity index (χ2n) is 8.88. The van der Waals surface area contributed by atoms with Gasteiger partial charge in [-0.3, -0.25) is 0 Å². The summed E-state index contributed by atoms with van der Waals surface area (Å²) in [5, 5.41) is 0. The molecular formula is C27H30. The second kappa shape index (κ2) is 6.37. The minimum absolute atomic E-state index is 0.135. The van der Waals surface area contributed by atoms with Gasteiger partial charge >= 0.3 is 0 Å². The van der Waals surface area contributed by atoms with Crippen molar-refractivity contribution in [1.29, 1.82) is 0 Å². The van der Waals surface area contributed by atoms with Crippen LogP contribution in [0.4, 0.5) is 0 Å². The van der Waals surface area contributed by atoms with Crippen molar-refractivity contribution in [2.75, 3.05) is 0 Å². The Kier molecular flexibility index (Phi) is 4.26. The maximum absolute atomic E-state index is 3.95.